The molecule has 1 heterocycles. The van der Waals surface area contributed by atoms with Gasteiger partial charge in [0.05, 0.1) is 0 Å². The van der Waals surface area contributed by atoms with Crippen molar-refractivity contribution >= 4 is 17.3 Å². The molecular weight excluding hydrogens is 322 g/mol. The van der Waals surface area contributed by atoms with Crippen LogP contribution in [0.4, 0.5) is 5.82 Å². The second kappa shape index (κ2) is 6.94. The summed E-state index contributed by atoms with van der Waals surface area (Å²) in [7, 11) is 0. The number of amides is 1. The minimum Gasteiger partial charge on any atom is -0.309 e. The Kier molecular flexibility index (Phi) is 4.49. The molecule has 4 rings (SSSR count). The Morgan fingerprint density at radius 1 is 1.31 bits per heavy atom. The maximum Gasteiger partial charge on any atom is 0.226 e. The lowest BCUT2D eigenvalue weighted by molar-refractivity contribution is -0.117. The quantitative estimate of drug-likeness (QED) is 0.768. The lowest BCUT2D eigenvalue weighted by Gasteiger charge is -2.30. The van der Waals surface area contributed by atoms with Crippen molar-refractivity contribution in [1.82, 2.24) is 10.2 Å². The summed E-state index contributed by atoms with van der Waals surface area (Å²) in [6.45, 7) is 2.15. The van der Waals surface area contributed by atoms with Gasteiger partial charge < -0.3 is 5.32 Å². The van der Waals surface area contributed by atoms with E-state index < -0.39 is 0 Å². The number of carbonyl (C=O) groups excluding carboxylic acids is 1. The molecule has 4 heteroatoms. The van der Waals surface area contributed by atoms with Crippen molar-refractivity contribution in [2.24, 2.45) is 5.41 Å². The van der Waals surface area contributed by atoms with Crippen molar-refractivity contribution in [2.75, 3.05) is 5.32 Å². The Hall–Kier alpha value is -2.62. The smallest absolute Gasteiger partial charge is 0.226 e. The van der Waals surface area contributed by atoms with E-state index in [4.69, 9.17) is 0 Å². The number of aromatic amines is 1. The Morgan fingerprint density at radius 2 is 2.12 bits per heavy atom. The van der Waals surface area contributed by atoms with Crippen LogP contribution in [0.5, 0.6) is 0 Å². The molecule has 2 aliphatic carbocycles. The van der Waals surface area contributed by atoms with E-state index in [9.17, 15) is 4.79 Å². The molecule has 1 aromatic heterocycles. The molecule has 0 bridgehead atoms. The van der Waals surface area contributed by atoms with Crippen LogP contribution in [-0.2, 0) is 4.79 Å². The fourth-order valence-electron chi connectivity index (χ4n) is 3.59. The first-order valence-electron chi connectivity index (χ1n) is 9.47. The third-order valence-electron chi connectivity index (χ3n) is 5.55. The van der Waals surface area contributed by atoms with Gasteiger partial charge in [-0.25, -0.2) is 0 Å². The molecule has 0 spiro atoms. The summed E-state index contributed by atoms with van der Waals surface area (Å²) in [4.78, 5) is 12.6. The van der Waals surface area contributed by atoms with E-state index in [-0.39, 0.29) is 11.3 Å². The van der Waals surface area contributed by atoms with Gasteiger partial charge in [-0.2, -0.15) is 5.10 Å². The number of nitrogens with one attached hydrogen (secondary N) is 2. The molecule has 1 aromatic carbocycles. The summed E-state index contributed by atoms with van der Waals surface area (Å²) >= 11 is 0. The summed E-state index contributed by atoms with van der Waals surface area (Å²) in [5, 5.41) is 10.2. The van der Waals surface area contributed by atoms with Gasteiger partial charge in [0.1, 0.15) is 0 Å². The SMILES string of the molecule is CCC1(CC(=O)Nc2cc(C3CC3)[nH]n2)C=CC(c2ccccc2)=CC1. The predicted molar refractivity (Wildman–Crippen MR) is 105 cm³/mol. The molecule has 1 unspecified atom stereocenters. The fourth-order valence-corrected chi connectivity index (χ4v) is 3.59. The van der Waals surface area contributed by atoms with Gasteiger partial charge in [-0.15, -0.1) is 0 Å². The predicted octanol–water partition coefficient (Wildman–Crippen LogP) is 5.06. The zero-order chi connectivity index (χ0) is 18.0. The molecule has 4 nitrogen and oxygen atoms in total. The van der Waals surface area contributed by atoms with E-state index in [1.54, 1.807) is 0 Å². The number of benzene rings is 1. The van der Waals surface area contributed by atoms with Crippen LogP contribution in [-0.4, -0.2) is 16.1 Å². The maximum atomic E-state index is 12.6. The van der Waals surface area contributed by atoms with Crippen molar-refractivity contribution in [1.29, 1.82) is 0 Å². The molecule has 2 aliphatic rings. The number of hydrogen-bond acceptors (Lipinski definition) is 2. The molecule has 1 saturated carbocycles. The van der Waals surface area contributed by atoms with Gasteiger partial charge in [-0.05, 0) is 36.8 Å². The van der Waals surface area contributed by atoms with E-state index in [2.05, 4.69) is 64.9 Å². The first kappa shape index (κ1) is 16.8. The minimum absolute atomic E-state index is 0.0295. The van der Waals surface area contributed by atoms with Crippen molar-refractivity contribution in [3.8, 4) is 0 Å². The van der Waals surface area contributed by atoms with Crippen molar-refractivity contribution in [2.45, 2.75) is 44.9 Å². The highest BCUT2D eigenvalue weighted by molar-refractivity contribution is 5.90. The lowest BCUT2D eigenvalue weighted by Crippen LogP contribution is -2.26. The third-order valence-corrected chi connectivity index (χ3v) is 5.55. The standard InChI is InChI=1S/C22H25N3O/c1-2-22(12-10-17(11-13-22)16-6-4-3-5-7-16)15-21(26)23-20-14-19(24-25-20)18-8-9-18/h3-7,10-12,14,18H,2,8-9,13,15H2,1H3,(H2,23,24,25,26). The molecule has 26 heavy (non-hydrogen) atoms. The number of H-pyrrole nitrogens is 1. The Morgan fingerprint density at radius 3 is 2.77 bits per heavy atom. The van der Waals surface area contributed by atoms with Gasteiger partial charge >= 0.3 is 0 Å². The van der Waals surface area contributed by atoms with Crippen LogP contribution >= 0.6 is 0 Å². The summed E-state index contributed by atoms with van der Waals surface area (Å²) in [5.41, 5.74) is 3.48. The highest BCUT2D eigenvalue weighted by atomic mass is 16.1. The third kappa shape index (κ3) is 3.64. The lowest BCUT2D eigenvalue weighted by atomic mass is 9.74. The molecule has 0 aliphatic heterocycles. The zero-order valence-electron chi connectivity index (χ0n) is 15.2. The summed E-state index contributed by atoms with van der Waals surface area (Å²) in [6.07, 6.45) is 11.4. The van der Waals surface area contributed by atoms with E-state index in [0.717, 1.165) is 18.5 Å². The Balaban J connectivity index is 1.40. The number of allylic oxidation sites excluding steroid dienone is 4. The second-order valence-corrected chi connectivity index (χ2v) is 7.49. The van der Waals surface area contributed by atoms with Crippen LogP contribution in [0.2, 0.25) is 0 Å². The van der Waals surface area contributed by atoms with Crippen molar-refractivity contribution in [3.63, 3.8) is 0 Å². The van der Waals surface area contributed by atoms with Gasteiger partial charge in [0.25, 0.3) is 0 Å². The summed E-state index contributed by atoms with van der Waals surface area (Å²) in [6, 6.07) is 12.4. The highest BCUT2D eigenvalue weighted by Crippen LogP contribution is 2.40. The number of carbonyl (C=O) groups is 1. The van der Waals surface area contributed by atoms with Crippen molar-refractivity contribution in [3.05, 3.63) is 65.9 Å². The first-order chi connectivity index (χ1) is 12.7. The topological polar surface area (TPSA) is 57.8 Å². The van der Waals surface area contributed by atoms with E-state index in [0.29, 0.717) is 18.2 Å². The number of nitrogens with zero attached hydrogens (tertiary/aromatic N) is 1. The maximum absolute atomic E-state index is 12.6. The summed E-state index contributed by atoms with van der Waals surface area (Å²) in [5.74, 6) is 1.28. The number of rotatable bonds is 6. The molecule has 134 valence electrons. The van der Waals surface area contributed by atoms with Gasteiger partial charge in [0.2, 0.25) is 5.91 Å². The Labute approximate surface area is 154 Å². The van der Waals surface area contributed by atoms with Crippen molar-refractivity contribution < 1.29 is 4.79 Å². The highest BCUT2D eigenvalue weighted by Gasteiger charge is 2.30. The van der Waals surface area contributed by atoms with Crippen LogP contribution < -0.4 is 5.32 Å². The average molecular weight is 347 g/mol. The van der Waals surface area contributed by atoms with E-state index >= 15 is 0 Å². The van der Waals surface area contributed by atoms with E-state index in [1.165, 1.54) is 24.0 Å². The van der Waals surface area contributed by atoms with Crippen LogP contribution in [0.15, 0.2) is 54.6 Å². The van der Waals surface area contributed by atoms with Gasteiger partial charge in [-0.3, -0.25) is 9.89 Å². The molecule has 2 aromatic rings. The minimum atomic E-state index is -0.113. The average Bonchev–Trinajstić information content (AvgIpc) is 3.43. The summed E-state index contributed by atoms with van der Waals surface area (Å²) < 4.78 is 0. The molecule has 1 atom stereocenters. The van der Waals surface area contributed by atoms with Crippen LogP contribution in [0.3, 0.4) is 0 Å². The monoisotopic (exact) mass is 347 g/mol. The number of hydrogen-bond donors (Lipinski definition) is 2. The van der Waals surface area contributed by atoms with E-state index in [1.807, 2.05) is 12.1 Å². The fraction of sp³-hybridized carbons (Fsp3) is 0.364. The zero-order valence-corrected chi connectivity index (χ0v) is 15.2. The second-order valence-electron chi connectivity index (χ2n) is 7.49. The molecule has 0 saturated heterocycles. The van der Waals surface area contributed by atoms with Crippen LogP contribution in [0.1, 0.15) is 56.2 Å². The van der Waals surface area contributed by atoms with Crippen LogP contribution in [0, 0.1) is 5.41 Å². The molecule has 1 fully saturated rings. The molecule has 1 amide bonds. The van der Waals surface area contributed by atoms with Gasteiger partial charge in [0, 0.05) is 29.5 Å². The van der Waals surface area contributed by atoms with Gasteiger partial charge in [0.15, 0.2) is 5.82 Å². The van der Waals surface area contributed by atoms with Gasteiger partial charge in [-0.1, -0.05) is 55.5 Å². The normalized spacial score (nSPS) is 22.1. The number of aromatic nitrogens is 2. The van der Waals surface area contributed by atoms with Crippen LogP contribution in [0.25, 0.3) is 5.57 Å². The Bertz CT molecular complexity index is 845. The largest absolute Gasteiger partial charge is 0.309 e. The number of anilines is 1. The first-order valence-corrected chi connectivity index (χ1v) is 9.47. The molecule has 2 N–H and O–H groups in total. The molecular formula is C22H25N3O. The molecule has 0 radical (unpaired) electrons.